The standard InChI is InChI=1S/C2H5ClNOP/c3-4-2(6)1-5/h1-2,4H,6H2/t2-/m0/s1. The average Bonchev–Trinajstić information content (AvgIpc) is 1.65. The van der Waals surface area contributed by atoms with E-state index in [1.807, 2.05) is 0 Å². The lowest BCUT2D eigenvalue weighted by atomic mass is 10.8. The quantitative estimate of drug-likeness (QED) is 0.323. The van der Waals surface area contributed by atoms with E-state index in [2.05, 4.69) is 14.1 Å². The number of rotatable bonds is 2. The number of aldehydes is 1. The summed E-state index contributed by atoms with van der Waals surface area (Å²) in [5, 5.41) is 0. The highest BCUT2D eigenvalue weighted by Crippen LogP contribution is 1.88. The third-order valence-corrected chi connectivity index (χ3v) is 1.06. The molecule has 1 N–H and O–H groups in total. The Labute approximate surface area is 43.6 Å². The maximum Gasteiger partial charge on any atom is 0.141 e. The van der Waals surface area contributed by atoms with Crippen molar-refractivity contribution in [1.82, 2.24) is 4.84 Å². The summed E-state index contributed by atoms with van der Waals surface area (Å²) in [6.45, 7) is 0. The zero-order valence-corrected chi connectivity index (χ0v) is 4.93. The summed E-state index contributed by atoms with van der Waals surface area (Å²) in [6, 6.07) is 0. The molecule has 0 aliphatic heterocycles. The molecule has 0 saturated heterocycles. The maximum absolute atomic E-state index is 9.57. The highest BCUT2D eigenvalue weighted by atomic mass is 35.5. The van der Waals surface area contributed by atoms with Crippen molar-refractivity contribution in [2.45, 2.75) is 5.78 Å². The first-order valence-corrected chi connectivity index (χ1v) is 2.42. The molecule has 1 unspecified atom stereocenters. The van der Waals surface area contributed by atoms with Crippen LogP contribution in [0.15, 0.2) is 0 Å². The van der Waals surface area contributed by atoms with Gasteiger partial charge < -0.3 is 4.79 Å². The van der Waals surface area contributed by atoms with Gasteiger partial charge in [0, 0.05) is 0 Å². The monoisotopic (exact) mass is 125 g/mol. The molecule has 0 rings (SSSR count). The van der Waals surface area contributed by atoms with Crippen LogP contribution in [0, 0.1) is 0 Å². The normalized spacial score (nSPS) is 13.7. The minimum absolute atomic E-state index is 0.313. The van der Waals surface area contributed by atoms with Crippen LogP contribution in [0.1, 0.15) is 0 Å². The fourth-order valence-corrected chi connectivity index (χ4v) is 0.0772. The Hall–Kier alpha value is 0.350. The third kappa shape index (κ3) is 2.58. The van der Waals surface area contributed by atoms with Crippen LogP contribution >= 0.6 is 21.0 Å². The summed E-state index contributed by atoms with van der Waals surface area (Å²) in [5.74, 6) is -0.313. The molecule has 0 aromatic heterocycles. The predicted octanol–water partition coefficient (Wildman–Crippen LogP) is 0.130. The molecule has 2 nitrogen and oxygen atoms in total. The van der Waals surface area contributed by atoms with E-state index in [0.29, 0.717) is 6.29 Å². The van der Waals surface area contributed by atoms with E-state index in [-0.39, 0.29) is 5.78 Å². The molecule has 0 bridgehead atoms. The van der Waals surface area contributed by atoms with Crippen molar-refractivity contribution in [3.8, 4) is 0 Å². The van der Waals surface area contributed by atoms with Crippen LogP contribution in [0.4, 0.5) is 0 Å². The van der Waals surface area contributed by atoms with E-state index in [0.717, 1.165) is 0 Å². The van der Waals surface area contributed by atoms with Crippen LogP contribution in [-0.4, -0.2) is 12.1 Å². The van der Waals surface area contributed by atoms with Crippen LogP contribution in [-0.2, 0) is 4.79 Å². The molecule has 4 heteroatoms. The molecule has 0 aromatic carbocycles. The van der Waals surface area contributed by atoms with Crippen molar-refractivity contribution >= 4 is 27.3 Å². The molecule has 0 fully saturated rings. The van der Waals surface area contributed by atoms with E-state index >= 15 is 0 Å². The van der Waals surface area contributed by atoms with Gasteiger partial charge in [-0.25, -0.2) is 4.84 Å². The third-order valence-electron chi connectivity index (χ3n) is 0.273. The Balaban J connectivity index is 2.96. The van der Waals surface area contributed by atoms with Gasteiger partial charge in [-0.05, 0) is 11.8 Å². The molecular formula is C2H5ClNOP. The van der Waals surface area contributed by atoms with Crippen LogP contribution < -0.4 is 4.84 Å². The van der Waals surface area contributed by atoms with Gasteiger partial charge in [-0.3, -0.25) is 0 Å². The molecule has 0 heterocycles. The number of hydrogen-bond acceptors (Lipinski definition) is 2. The molecular weight excluding hydrogens is 120 g/mol. The van der Waals surface area contributed by atoms with E-state index in [1.54, 1.807) is 0 Å². The number of hydrogen-bond donors (Lipinski definition) is 1. The summed E-state index contributed by atoms with van der Waals surface area (Å²) in [5.41, 5.74) is 0. The highest BCUT2D eigenvalue weighted by molar-refractivity contribution is 7.19. The van der Waals surface area contributed by atoms with E-state index in [4.69, 9.17) is 11.8 Å². The minimum Gasteiger partial charge on any atom is -0.301 e. The van der Waals surface area contributed by atoms with Crippen molar-refractivity contribution in [3.63, 3.8) is 0 Å². The summed E-state index contributed by atoms with van der Waals surface area (Å²) in [6.07, 6.45) is 0.692. The Morgan fingerprint density at radius 1 is 2.00 bits per heavy atom. The lowest BCUT2D eigenvalue weighted by Gasteiger charge is -1.91. The lowest BCUT2D eigenvalue weighted by Crippen LogP contribution is -2.12. The van der Waals surface area contributed by atoms with Crippen molar-refractivity contribution in [2.24, 2.45) is 0 Å². The molecule has 36 valence electrons. The van der Waals surface area contributed by atoms with E-state index < -0.39 is 0 Å². The van der Waals surface area contributed by atoms with Crippen molar-refractivity contribution < 1.29 is 4.79 Å². The van der Waals surface area contributed by atoms with Gasteiger partial charge in [0.25, 0.3) is 0 Å². The highest BCUT2D eigenvalue weighted by Gasteiger charge is 1.89. The van der Waals surface area contributed by atoms with Gasteiger partial charge in [0.15, 0.2) is 0 Å². The topological polar surface area (TPSA) is 29.1 Å². The van der Waals surface area contributed by atoms with Gasteiger partial charge in [0.2, 0.25) is 0 Å². The summed E-state index contributed by atoms with van der Waals surface area (Å²) in [7, 11) is 2.20. The maximum atomic E-state index is 9.57. The first-order chi connectivity index (χ1) is 2.81. The van der Waals surface area contributed by atoms with Crippen molar-refractivity contribution in [2.75, 3.05) is 0 Å². The SMILES string of the molecule is O=C[C@H](P)NCl. The van der Waals surface area contributed by atoms with Gasteiger partial charge in [-0.2, -0.15) is 0 Å². The lowest BCUT2D eigenvalue weighted by molar-refractivity contribution is -0.107. The van der Waals surface area contributed by atoms with Crippen molar-refractivity contribution in [1.29, 1.82) is 0 Å². The molecule has 6 heavy (non-hydrogen) atoms. The summed E-state index contributed by atoms with van der Waals surface area (Å²) >= 11 is 4.95. The molecule has 2 atom stereocenters. The Bertz CT molecular complexity index is 50.8. The first-order valence-electron chi connectivity index (χ1n) is 1.38. The van der Waals surface area contributed by atoms with Crippen LogP contribution in [0.5, 0.6) is 0 Å². The Morgan fingerprint density at radius 3 is 2.50 bits per heavy atom. The van der Waals surface area contributed by atoms with Crippen LogP contribution in [0.2, 0.25) is 0 Å². The number of carbonyl (C=O) groups excluding carboxylic acids is 1. The molecule has 0 saturated carbocycles. The van der Waals surface area contributed by atoms with E-state index in [9.17, 15) is 4.79 Å². The fraction of sp³-hybridized carbons (Fsp3) is 0.500. The van der Waals surface area contributed by atoms with Gasteiger partial charge in [0.1, 0.15) is 6.29 Å². The van der Waals surface area contributed by atoms with Crippen LogP contribution in [0.25, 0.3) is 0 Å². The molecule has 0 aliphatic carbocycles. The number of carbonyl (C=O) groups is 1. The van der Waals surface area contributed by atoms with Gasteiger partial charge in [0.05, 0.1) is 5.78 Å². The number of halogens is 1. The minimum atomic E-state index is -0.313. The van der Waals surface area contributed by atoms with Gasteiger partial charge in [-0.1, -0.05) is 0 Å². The Morgan fingerprint density at radius 2 is 2.50 bits per heavy atom. The van der Waals surface area contributed by atoms with Crippen molar-refractivity contribution in [3.05, 3.63) is 0 Å². The predicted molar refractivity (Wildman–Crippen MR) is 28.6 cm³/mol. The zero-order valence-electron chi connectivity index (χ0n) is 3.02. The largest absolute Gasteiger partial charge is 0.301 e. The second-order valence-corrected chi connectivity index (χ2v) is 1.71. The van der Waals surface area contributed by atoms with E-state index in [1.165, 1.54) is 0 Å². The smallest absolute Gasteiger partial charge is 0.141 e. The molecule has 0 aliphatic rings. The zero-order chi connectivity index (χ0) is 4.99. The molecule has 0 amide bonds. The first kappa shape index (κ1) is 6.35. The second-order valence-electron chi connectivity index (χ2n) is 0.771. The number of nitrogens with one attached hydrogen (secondary N) is 1. The fourth-order valence-electron chi connectivity index (χ4n) is 0.0257. The average molecular weight is 125 g/mol. The van der Waals surface area contributed by atoms with Gasteiger partial charge >= 0.3 is 0 Å². The molecule has 0 spiro atoms. The summed E-state index contributed by atoms with van der Waals surface area (Å²) in [4.78, 5) is 11.7. The molecule has 0 aromatic rings. The second kappa shape index (κ2) is 3.54. The summed E-state index contributed by atoms with van der Waals surface area (Å²) < 4.78 is 0. The Kier molecular flexibility index (Phi) is 3.74. The van der Waals surface area contributed by atoms with Crippen LogP contribution in [0.3, 0.4) is 0 Å². The van der Waals surface area contributed by atoms with Gasteiger partial charge in [-0.15, -0.1) is 9.24 Å². The molecule has 0 radical (unpaired) electrons.